The van der Waals surface area contributed by atoms with E-state index in [2.05, 4.69) is 26.1 Å². The zero-order chi connectivity index (χ0) is 25.6. The van der Waals surface area contributed by atoms with Crippen LogP contribution in [0.2, 0.25) is 10.0 Å². The molecule has 0 radical (unpaired) electrons. The highest BCUT2D eigenvalue weighted by Gasteiger charge is 2.29. The number of benzene rings is 2. The zero-order valence-corrected chi connectivity index (χ0v) is 22.6. The van der Waals surface area contributed by atoms with Crippen LogP contribution in [0.1, 0.15) is 70.9 Å². The largest absolute Gasteiger partial charge is 0.484 e. The van der Waals surface area contributed by atoms with Crippen molar-refractivity contribution in [1.82, 2.24) is 10.2 Å². The molecule has 5 nitrogen and oxygen atoms in total. The maximum Gasteiger partial charge on any atom is 0.261 e. The third-order valence-corrected chi connectivity index (χ3v) is 7.14. The van der Waals surface area contributed by atoms with Crippen LogP contribution >= 0.6 is 23.2 Å². The van der Waals surface area contributed by atoms with Gasteiger partial charge >= 0.3 is 0 Å². The molecular formula is C28H36Cl2N2O3. The Bertz CT molecular complexity index is 1010. The first-order valence-electron chi connectivity index (χ1n) is 12.3. The number of amides is 2. The lowest BCUT2D eigenvalue weighted by Crippen LogP contribution is -2.51. The first kappa shape index (κ1) is 27.3. The van der Waals surface area contributed by atoms with Crippen molar-refractivity contribution in [2.24, 2.45) is 0 Å². The molecule has 190 valence electrons. The average molecular weight is 520 g/mol. The standard InChI is InChI=1S/C28H36Cl2N2O3/c1-19(27(34)31-23-8-6-5-7-9-23)32(17-20-10-13-22(29)16-25(20)30)26(33)18-35-24-14-11-21(12-15-24)28(2,3)4/h10-16,19,23H,5-9,17-18H2,1-4H3,(H,31,34). The first-order chi connectivity index (χ1) is 16.5. The highest BCUT2D eigenvalue weighted by atomic mass is 35.5. The molecule has 35 heavy (non-hydrogen) atoms. The molecule has 2 aromatic carbocycles. The van der Waals surface area contributed by atoms with Gasteiger partial charge in [0.05, 0.1) is 0 Å². The fraction of sp³-hybridized carbons (Fsp3) is 0.500. The summed E-state index contributed by atoms with van der Waals surface area (Å²) >= 11 is 12.4. The van der Waals surface area contributed by atoms with Gasteiger partial charge in [-0.25, -0.2) is 0 Å². The predicted molar refractivity (Wildman–Crippen MR) is 142 cm³/mol. The fourth-order valence-electron chi connectivity index (χ4n) is 4.26. The SMILES string of the molecule is CC(C(=O)NC1CCCCC1)N(Cc1ccc(Cl)cc1Cl)C(=O)COc1ccc(C(C)(C)C)cc1. The number of nitrogens with one attached hydrogen (secondary N) is 1. The Hall–Kier alpha value is -2.24. The van der Waals surface area contributed by atoms with E-state index in [4.69, 9.17) is 27.9 Å². The minimum absolute atomic E-state index is 0.0319. The van der Waals surface area contributed by atoms with E-state index in [0.717, 1.165) is 31.2 Å². The maximum absolute atomic E-state index is 13.3. The van der Waals surface area contributed by atoms with Gasteiger partial charge in [0.15, 0.2) is 6.61 Å². The van der Waals surface area contributed by atoms with Crippen molar-refractivity contribution in [2.45, 2.75) is 83.8 Å². The van der Waals surface area contributed by atoms with E-state index in [1.807, 2.05) is 24.3 Å². The van der Waals surface area contributed by atoms with Crippen molar-refractivity contribution < 1.29 is 14.3 Å². The molecule has 3 rings (SSSR count). The molecule has 0 bridgehead atoms. The van der Waals surface area contributed by atoms with Crippen LogP contribution in [0.15, 0.2) is 42.5 Å². The van der Waals surface area contributed by atoms with E-state index < -0.39 is 6.04 Å². The fourth-order valence-corrected chi connectivity index (χ4v) is 4.73. The van der Waals surface area contributed by atoms with Crippen molar-refractivity contribution in [3.63, 3.8) is 0 Å². The van der Waals surface area contributed by atoms with E-state index in [9.17, 15) is 9.59 Å². The third kappa shape index (κ3) is 7.88. The normalized spacial score (nSPS) is 15.4. The summed E-state index contributed by atoms with van der Waals surface area (Å²) in [6.07, 6.45) is 5.39. The Kier molecular flexibility index (Phi) is 9.48. The van der Waals surface area contributed by atoms with E-state index in [-0.39, 0.29) is 36.4 Å². The van der Waals surface area contributed by atoms with Crippen LogP contribution in [0.25, 0.3) is 0 Å². The number of hydrogen-bond donors (Lipinski definition) is 1. The van der Waals surface area contributed by atoms with Gasteiger partial charge in [-0.15, -0.1) is 0 Å². The summed E-state index contributed by atoms with van der Waals surface area (Å²) in [6, 6.07) is 12.4. The summed E-state index contributed by atoms with van der Waals surface area (Å²) in [5, 5.41) is 4.10. The lowest BCUT2D eigenvalue weighted by Gasteiger charge is -2.31. The summed E-state index contributed by atoms with van der Waals surface area (Å²) in [7, 11) is 0. The van der Waals surface area contributed by atoms with Crippen LogP contribution in [-0.2, 0) is 21.5 Å². The minimum atomic E-state index is -0.678. The average Bonchev–Trinajstić information content (AvgIpc) is 2.82. The number of rotatable bonds is 8. The number of carbonyl (C=O) groups is 2. The third-order valence-electron chi connectivity index (χ3n) is 6.56. The van der Waals surface area contributed by atoms with Crippen LogP contribution in [-0.4, -0.2) is 35.4 Å². The molecule has 1 aliphatic carbocycles. The molecular weight excluding hydrogens is 483 g/mol. The Morgan fingerprint density at radius 1 is 1.06 bits per heavy atom. The van der Waals surface area contributed by atoms with Crippen LogP contribution in [0, 0.1) is 0 Å². The molecule has 1 N–H and O–H groups in total. The molecule has 1 unspecified atom stereocenters. The molecule has 1 saturated carbocycles. The van der Waals surface area contributed by atoms with Gasteiger partial charge in [-0.3, -0.25) is 9.59 Å². The molecule has 0 saturated heterocycles. The summed E-state index contributed by atoms with van der Waals surface area (Å²) in [5.41, 5.74) is 1.93. The lowest BCUT2D eigenvalue weighted by atomic mass is 9.87. The summed E-state index contributed by atoms with van der Waals surface area (Å²) in [6.45, 7) is 8.18. The van der Waals surface area contributed by atoms with Crippen molar-refractivity contribution >= 4 is 35.0 Å². The molecule has 1 aliphatic rings. The number of nitrogens with zero attached hydrogens (tertiary/aromatic N) is 1. The number of hydrogen-bond acceptors (Lipinski definition) is 3. The molecule has 0 aliphatic heterocycles. The molecule has 1 fully saturated rings. The highest BCUT2D eigenvalue weighted by Crippen LogP contribution is 2.26. The Labute approximate surface area is 219 Å². The Morgan fingerprint density at radius 2 is 1.71 bits per heavy atom. The van der Waals surface area contributed by atoms with Gasteiger partial charge < -0.3 is 15.0 Å². The van der Waals surface area contributed by atoms with Crippen molar-refractivity contribution in [2.75, 3.05) is 6.61 Å². The maximum atomic E-state index is 13.3. The van der Waals surface area contributed by atoms with Gasteiger partial charge in [-0.2, -0.15) is 0 Å². The van der Waals surface area contributed by atoms with E-state index in [0.29, 0.717) is 15.8 Å². The first-order valence-corrected chi connectivity index (χ1v) is 13.1. The number of carbonyl (C=O) groups excluding carboxylic acids is 2. The van der Waals surface area contributed by atoms with Gasteiger partial charge in [-0.1, -0.05) is 81.4 Å². The van der Waals surface area contributed by atoms with Crippen molar-refractivity contribution in [3.8, 4) is 5.75 Å². The molecule has 2 aromatic rings. The second-order valence-electron chi connectivity index (χ2n) is 10.3. The summed E-state index contributed by atoms with van der Waals surface area (Å²) in [5.74, 6) is 0.155. The van der Waals surface area contributed by atoms with Gasteiger partial charge in [0.2, 0.25) is 5.91 Å². The van der Waals surface area contributed by atoms with Crippen molar-refractivity contribution in [3.05, 3.63) is 63.6 Å². The molecule has 0 spiro atoms. The van der Waals surface area contributed by atoms with Crippen LogP contribution < -0.4 is 10.1 Å². The lowest BCUT2D eigenvalue weighted by molar-refractivity contribution is -0.142. The quantitative estimate of drug-likeness (QED) is 0.431. The Balaban J connectivity index is 1.72. The smallest absolute Gasteiger partial charge is 0.261 e. The molecule has 0 heterocycles. The summed E-state index contributed by atoms with van der Waals surface area (Å²) in [4.78, 5) is 27.9. The molecule has 2 amide bonds. The zero-order valence-electron chi connectivity index (χ0n) is 21.1. The van der Waals surface area contributed by atoms with Gasteiger partial charge in [0, 0.05) is 22.6 Å². The van der Waals surface area contributed by atoms with Crippen LogP contribution in [0.5, 0.6) is 5.75 Å². The second kappa shape index (κ2) is 12.1. The number of ether oxygens (including phenoxy) is 1. The van der Waals surface area contributed by atoms with Crippen molar-refractivity contribution in [1.29, 1.82) is 0 Å². The monoisotopic (exact) mass is 518 g/mol. The van der Waals surface area contributed by atoms with E-state index in [1.165, 1.54) is 16.9 Å². The van der Waals surface area contributed by atoms with Gasteiger partial charge in [-0.05, 0) is 60.6 Å². The molecule has 1 atom stereocenters. The van der Waals surface area contributed by atoms with Crippen LogP contribution in [0.4, 0.5) is 0 Å². The summed E-state index contributed by atoms with van der Waals surface area (Å²) < 4.78 is 5.81. The van der Waals surface area contributed by atoms with Crippen LogP contribution in [0.3, 0.4) is 0 Å². The number of halogens is 2. The highest BCUT2D eigenvalue weighted by molar-refractivity contribution is 6.35. The minimum Gasteiger partial charge on any atom is -0.484 e. The van der Waals surface area contributed by atoms with Gasteiger partial charge in [0.25, 0.3) is 5.91 Å². The topological polar surface area (TPSA) is 58.6 Å². The predicted octanol–water partition coefficient (Wildman–Crippen LogP) is 6.54. The van der Waals surface area contributed by atoms with Gasteiger partial charge in [0.1, 0.15) is 11.8 Å². The Morgan fingerprint density at radius 3 is 2.31 bits per heavy atom. The van der Waals surface area contributed by atoms with E-state index >= 15 is 0 Å². The second-order valence-corrected chi connectivity index (χ2v) is 11.2. The van der Waals surface area contributed by atoms with E-state index in [1.54, 1.807) is 25.1 Å². The molecule has 7 heteroatoms. The molecule has 0 aromatic heterocycles.